The monoisotopic (exact) mass is 204 g/mol. The molecule has 0 radical (unpaired) electrons. The first-order valence-electron chi connectivity index (χ1n) is 5.78. The van der Waals surface area contributed by atoms with Crippen molar-refractivity contribution in [3.63, 3.8) is 0 Å². The van der Waals surface area contributed by atoms with Crippen LogP contribution in [0.1, 0.15) is 25.8 Å². The van der Waals surface area contributed by atoms with Crippen LogP contribution in [0.2, 0.25) is 0 Å². The summed E-state index contributed by atoms with van der Waals surface area (Å²) in [5.74, 6) is 0.679. The molecule has 0 aromatic heterocycles. The maximum Gasteiger partial charge on any atom is 0.0580 e. The van der Waals surface area contributed by atoms with Crippen LogP contribution in [-0.4, -0.2) is 12.6 Å². The average molecular weight is 204 g/mol. The van der Waals surface area contributed by atoms with Gasteiger partial charge in [-0.3, -0.25) is 0 Å². The maximum absolute atomic E-state index is 3.64. The molecule has 0 spiro atoms. The summed E-state index contributed by atoms with van der Waals surface area (Å²) >= 11 is 0. The number of hydrogen-bond acceptors (Lipinski definition) is 2. The third-order valence-electron chi connectivity index (χ3n) is 3.09. The first-order chi connectivity index (χ1) is 7.16. The van der Waals surface area contributed by atoms with E-state index in [1.165, 1.54) is 23.4 Å². The van der Waals surface area contributed by atoms with Gasteiger partial charge in [-0.2, -0.15) is 0 Å². The molecule has 2 heteroatoms. The molecule has 2 N–H and O–H groups in total. The Balaban J connectivity index is 2.27. The Kier molecular flexibility index (Phi) is 2.85. The predicted molar refractivity (Wildman–Crippen MR) is 66.5 cm³/mol. The van der Waals surface area contributed by atoms with Gasteiger partial charge in [0.15, 0.2) is 0 Å². The molecule has 1 aliphatic heterocycles. The highest BCUT2D eigenvalue weighted by Crippen LogP contribution is 2.28. The zero-order valence-corrected chi connectivity index (χ0v) is 9.80. The fraction of sp³-hybridized carbons (Fsp3) is 0.538. The van der Waals surface area contributed by atoms with Crippen LogP contribution in [0.25, 0.3) is 0 Å². The number of aryl methyl sites for hydroxylation is 1. The molecule has 1 heterocycles. The predicted octanol–water partition coefficient (Wildman–Crippen LogP) is 3.25. The summed E-state index contributed by atoms with van der Waals surface area (Å²) in [4.78, 5) is 0. The maximum atomic E-state index is 3.64. The Bertz CT molecular complexity index is 344. The summed E-state index contributed by atoms with van der Waals surface area (Å²) in [6.07, 6.45) is 1.19. The number of nitrogens with one attached hydrogen (secondary N) is 2. The van der Waals surface area contributed by atoms with E-state index in [1.807, 2.05) is 0 Å². The van der Waals surface area contributed by atoms with E-state index in [2.05, 4.69) is 49.6 Å². The van der Waals surface area contributed by atoms with Gasteiger partial charge in [-0.25, -0.2) is 0 Å². The van der Waals surface area contributed by atoms with Crippen molar-refractivity contribution >= 4 is 11.4 Å². The van der Waals surface area contributed by atoms with Crippen molar-refractivity contribution in [3.8, 4) is 0 Å². The Morgan fingerprint density at radius 1 is 1.27 bits per heavy atom. The van der Waals surface area contributed by atoms with Crippen LogP contribution in [0.15, 0.2) is 18.2 Å². The standard InChI is InChI=1S/C13H20N2/c1-9(2)11-6-7-14-12-5-4-10(3)8-13(12)15-11/h4-5,8-9,11,14-15H,6-7H2,1-3H3. The van der Waals surface area contributed by atoms with Crippen LogP contribution in [0, 0.1) is 12.8 Å². The molecule has 1 unspecified atom stereocenters. The van der Waals surface area contributed by atoms with Gasteiger partial charge in [-0.1, -0.05) is 19.9 Å². The summed E-state index contributed by atoms with van der Waals surface area (Å²) in [6, 6.07) is 7.13. The van der Waals surface area contributed by atoms with Crippen LogP contribution in [-0.2, 0) is 0 Å². The summed E-state index contributed by atoms with van der Waals surface area (Å²) in [5, 5.41) is 7.11. The second kappa shape index (κ2) is 4.13. The van der Waals surface area contributed by atoms with Crippen LogP contribution in [0.5, 0.6) is 0 Å². The molecule has 0 aliphatic carbocycles. The van der Waals surface area contributed by atoms with Crippen LogP contribution < -0.4 is 10.6 Å². The summed E-state index contributed by atoms with van der Waals surface area (Å²) < 4.78 is 0. The van der Waals surface area contributed by atoms with Gasteiger partial charge in [0.05, 0.1) is 11.4 Å². The van der Waals surface area contributed by atoms with Gasteiger partial charge in [0, 0.05) is 12.6 Å². The van der Waals surface area contributed by atoms with Gasteiger partial charge < -0.3 is 10.6 Å². The molecular weight excluding hydrogens is 184 g/mol. The SMILES string of the molecule is Cc1ccc2c(c1)NC(C(C)C)CCN2. The molecule has 1 aliphatic rings. The minimum Gasteiger partial charge on any atom is -0.383 e. The minimum atomic E-state index is 0.584. The van der Waals surface area contributed by atoms with Crippen molar-refractivity contribution in [2.45, 2.75) is 33.2 Å². The van der Waals surface area contributed by atoms with E-state index >= 15 is 0 Å². The highest BCUT2D eigenvalue weighted by Gasteiger charge is 2.17. The van der Waals surface area contributed by atoms with Gasteiger partial charge in [0.25, 0.3) is 0 Å². The van der Waals surface area contributed by atoms with Crippen molar-refractivity contribution in [3.05, 3.63) is 23.8 Å². The highest BCUT2D eigenvalue weighted by molar-refractivity contribution is 5.70. The Morgan fingerprint density at radius 3 is 2.80 bits per heavy atom. The van der Waals surface area contributed by atoms with E-state index in [9.17, 15) is 0 Å². The quantitative estimate of drug-likeness (QED) is 0.733. The fourth-order valence-corrected chi connectivity index (χ4v) is 2.07. The van der Waals surface area contributed by atoms with E-state index in [0.717, 1.165) is 6.54 Å². The number of rotatable bonds is 1. The van der Waals surface area contributed by atoms with Crippen LogP contribution >= 0.6 is 0 Å². The van der Waals surface area contributed by atoms with Crippen molar-refractivity contribution in [2.24, 2.45) is 5.92 Å². The molecule has 0 saturated heterocycles. The van der Waals surface area contributed by atoms with Gasteiger partial charge in [-0.15, -0.1) is 0 Å². The molecule has 1 atom stereocenters. The first-order valence-corrected chi connectivity index (χ1v) is 5.78. The fourth-order valence-electron chi connectivity index (χ4n) is 2.07. The van der Waals surface area contributed by atoms with Crippen molar-refractivity contribution in [2.75, 3.05) is 17.2 Å². The van der Waals surface area contributed by atoms with E-state index in [4.69, 9.17) is 0 Å². The van der Waals surface area contributed by atoms with E-state index in [-0.39, 0.29) is 0 Å². The largest absolute Gasteiger partial charge is 0.383 e. The average Bonchev–Trinajstić information content (AvgIpc) is 2.39. The third-order valence-corrected chi connectivity index (χ3v) is 3.09. The Morgan fingerprint density at radius 2 is 2.07 bits per heavy atom. The number of hydrogen-bond donors (Lipinski definition) is 2. The lowest BCUT2D eigenvalue weighted by Gasteiger charge is -2.21. The second-order valence-electron chi connectivity index (χ2n) is 4.76. The summed E-state index contributed by atoms with van der Waals surface area (Å²) in [6.45, 7) is 7.75. The van der Waals surface area contributed by atoms with Crippen LogP contribution in [0.3, 0.4) is 0 Å². The summed E-state index contributed by atoms with van der Waals surface area (Å²) in [5.41, 5.74) is 3.81. The Hall–Kier alpha value is -1.18. The van der Waals surface area contributed by atoms with Crippen molar-refractivity contribution in [1.82, 2.24) is 0 Å². The normalized spacial score (nSPS) is 20.1. The molecule has 2 nitrogen and oxygen atoms in total. The van der Waals surface area contributed by atoms with Gasteiger partial charge in [0.1, 0.15) is 0 Å². The van der Waals surface area contributed by atoms with Crippen molar-refractivity contribution in [1.29, 1.82) is 0 Å². The van der Waals surface area contributed by atoms with Gasteiger partial charge in [-0.05, 0) is 37.0 Å². The zero-order valence-electron chi connectivity index (χ0n) is 9.80. The molecule has 0 bridgehead atoms. The molecule has 1 aromatic carbocycles. The molecular formula is C13H20N2. The van der Waals surface area contributed by atoms with Crippen molar-refractivity contribution < 1.29 is 0 Å². The molecule has 0 saturated carbocycles. The van der Waals surface area contributed by atoms with E-state index in [0.29, 0.717) is 12.0 Å². The lowest BCUT2D eigenvalue weighted by molar-refractivity contribution is 0.507. The summed E-state index contributed by atoms with van der Waals surface area (Å²) in [7, 11) is 0. The van der Waals surface area contributed by atoms with Gasteiger partial charge in [0.2, 0.25) is 0 Å². The minimum absolute atomic E-state index is 0.584. The molecule has 2 rings (SSSR count). The van der Waals surface area contributed by atoms with E-state index in [1.54, 1.807) is 0 Å². The van der Waals surface area contributed by atoms with E-state index < -0.39 is 0 Å². The first kappa shape index (κ1) is 10.3. The molecule has 82 valence electrons. The lowest BCUT2D eigenvalue weighted by atomic mass is 10.0. The number of fused-ring (bicyclic) bond motifs is 1. The highest BCUT2D eigenvalue weighted by atomic mass is 15.0. The number of anilines is 2. The third kappa shape index (κ3) is 2.25. The molecule has 0 fully saturated rings. The molecule has 15 heavy (non-hydrogen) atoms. The topological polar surface area (TPSA) is 24.1 Å². The molecule has 1 aromatic rings. The van der Waals surface area contributed by atoms with Crippen LogP contribution in [0.4, 0.5) is 11.4 Å². The zero-order chi connectivity index (χ0) is 10.8. The Labute approximate surface area is 92.1 Å². The smallest absolute Gasteiger partial charge is 0.0580 e. The number of benzene rings is 1. The molecule has 0 amide bonds. The second-order valence-corrected chi connectivity index (χ2v) is 4.76. The lowest BCUT2D eigenvalue weighted by Crippen LogP contribution is -2.25. The van der Waals surface area contributed by atoms with Gasteiger partial charge >= 0.3 is 0 Å².